The van der Waals surface area contributed by atoms with E-state index in [1.807, 2.05) is 17.5 Å². The van der Waals surface area contributed by atoms with Crippen LogP contribution in [0.25, 0.3) is 0 Å². The van der Waals surface area contributed by atoms with Crippen molar-refractivity contribution < 1.29 is 17.9 Å². The molecule has 1 nitrogen and oxygen atoms in total. The van der Waals surface area contributed by atoms with Gasteiger partial charge in [-0.2, -0.15) is 13.2 Å². The molecule has 0 saturated carbocycles. The van der Waals surface area contributed by atoms with E-state index >= 15 is 0 Å². The van der Waals surface area contributed by atoms with Crippen LogP contribution in [0, 0.1) is 0 Å². The highest BCUT2D eigenvalue weighted by atomic mass is 79.9. The van der Waals surface area contributed by atoms with Crippen LogP contribution in [-0.2, 0) is 4.74 Å². The van der Waals surface area contributed by atoms with Gasteiger partial charge in [0.1, 0.15) is 6.61 Å². The van der Waals surface area contributed by atoms with Gasteiger partial charge in [-0.15, -0.1) is 11.3 Å². The Labute approximate surface area is 92.0 Å². The van der Waals surface area contributed by atoms with Gasteiger partial charge < -0.3 is 4.74 Å². The van der Waals surface area contributed by atoms with E-state index in [4.69, 9.17) is 0 Å². The molecule has 1 heterocycles. The summed E-state index contributed by atoms with van der Waals surface area (Å²) >= 11 is 4.73. The Kier molecular flexibility index (Phi) is 4.40. The molecule has 0 aromatic carbocycles. The normalized spacial score (nSPS) is 14.3. The zero-order chi connectivity index (χ0) is 10.6. The van der Waals surface area contributed by atoms with Gasteiger partial charge in [0.15, 0.2) is 0 Å². The number of hydrogen-bond donors (Lipinski definition) is 0. The second-order valence-electron chi connectivity index (χ2n) is 2.61. The molecule has 0 spiro atoms. The third-order valence-corrected chi connectivity index (χ3v) is 3.43. The van der Waals surface area contributed by atoms with Gasteiger partial charge in [-0.3, -0.25) is 0 Å². The highest BCUT2D eigenvalue weighted by Crippen LogP contribution is 2.27. The maximum atomic E-state index is 11.7. The van der Waals surface area contributed by atoms with Crippen molar-refractivity contribution in [2.45, 2.75) is 11.0 Å². The average molecular weight is 289 g/mol. The molecule has 6 heteroatoms. The summed E-state index contributed by atoms with van der Waals surface area (Å²) < 4.78 is 39.7. The number of ether oxygens (including phenoxy) is 1. The minimum absolute atomic E-state index is 0.0278. The lowest BCUT2D eigenvalue weighted by Crippen LogP contribution is -2.18. The predicted octanol–water partition coefficient (Wildman–Crippen LogP) is 3.76. The van der Waals surface area contributed by atoms with E-state index in [9.17, 15) is 13.2 Å². The molecule has 0 aliphatic rings. The van der Waals surface area contributed by atoms with Crippen molar-refractivity contribution in [1.82, 2.24) is 0 Å². The van der Waals surface area contributed by atoms with Gasteiger partial charge in [0.05, 0.1) is 11.4 Å². The second kappa shape index (κ2) is 5.14. The maximum absolute atomic E-state index is 11.7. The quantitative estimate of drug-likeness (QED) is 0.767. The molecule has 0 fully saturated rings. The van der Waals surface area contributed by atoms with E-state index in [1.54, 1.807) is 0 Å². The van der Waals surface area contributed by atoms with Gasteiger partial charge in [-0.25, -0.2) is 0 Å². The van der Waals surface area contributed by atoms with E-state index in [0.29, 0.717) is 0 Å². The molecule has 0 amide bonds. The first kappa shape index (κ1) is 12.0. The maximum Gasteiger partial charge on any atom is 0.411 e. The van der Waals surface area contributed by atoms with Crippen LogP contribution in [0.15, 0.2) is 17.5 Å². The summed E-state index contributed by atoms with van der Waals surface area (Å²) in [6, 6.07) is 3.69. The molecule has 14 heavy (non-hydrogen) atoms. The Morgan fingerprint density at radius 1 is 1.50 bits per heavy atom. The number of rotatable bonds is 4. The first-order valence-electron chi connectivity index (χ1n) is 3.81. The highest BCUT2D eigenvalue weighted by Gasteiger charge is 2.27. The summed E-state index contributed by atoms with van der Waals surface area (Å²) in [6.07, 6.45) is -4.25. The molecule has 0 saturated heterocycles. The fourth-order valence-electron chi connectivity index (χ4n) is 0.830. The minimum Gasteiger partial charge on any atom is -0.370 e. The van der Waals surface area contributed by atoms with Gasteiger partial charge in [-0.1, -0.05) is 22.0 Å². The van der Waals surface area contributed by atoms with Crippen LogP contribution in [0.1, 0.15) is 9.70 Å². The van der Waals surface area contributed by atoms with Crippen molar-refractivity contribution in [3.8, 4) is 0 Å². The summed E-state index contributed by atoms with van der Waals surface area (Å²) in [5.74, 6) is 0. The van der Waals surface area contributed by atoms with E-state index in [2.05, 4.69) is 20.7 Å². The Hall–Kier alpha value is -0.0700. The molecule has 1 aromatic rings. The lowest BCUT2D eigenvalue weighted by Gasteiger charge is -2.10. The molecule has 80 valence electrons. The summed E-state index contributed by atoms with van der Waals surface area (Å²) in [5.41, 5.74) is 0. The highest BCUT2D eigenvalue weighted by molar-refractivity contribution is 9.09. The zero-order valence-corrected chi connectivity index (χ0v) is 9.45. The van der Waals surface area contributed by atoms with E-state index in [1.165, 1.54) is 11.3 Å². The Morgan fingerprint density at radius 3 is 2.71 bits per heavy atom. The third kappa shape index (κ3) is 4.43. The van der Waals surface area contributed by atoms with Crippen molar-refractivity contribution in [1.29, 1.82) is 0 Å². The van der Waals surface area contributed by atoms with Crippen LogP contribution in [0.4, 0.5) is 13.2 Å². The molecule has 1 unspecified atom stereocenters. The van der Waals surface area contributed by atoms with Gasteiger partial charge in [0, 0.05) is 4.88 Å². The average Bonchev–Trinajstić information content (AvgIpc) is 2.53. The van der Waals surface area contributed by atoms with E-state index in [-0.39, 0.29) is 11.4 Å². The standard InChI is InChI=1S/C8H8BrF3OS/c9-6(7-2-1-3-14-7)4-13-5-8(10,11)12/h1-3,6H,4-5H2. The molecular weight excluding hydrogens is 281 g/mol. The molecule has 0 aliphatic heterocycles. The lowest BCUT2D eigenvalue weighted by molar-refractivity contribution is -0.173. The van der Waals surface area contributed by atoms with Crippen LogP contribution in [0.2, 0.25) is 0 Å². The molecule has 0 radical (unpaired) electrons. The monoisotopic (exact) mass is 288 g/mol. The number of alkyl halides is 4. The summed E-state index contributed by atoms with van der Waals surface area (Å²) in [4.78, 5) is 0.803. The molecule has 0 aliphatic carbocycles. The van der Waals surface area contributed by atoms with Crippen LogP contribution in [0.5, 0.6) is 0 Å². The molecule has 1 atom stereocenters. The van der Waals surface area contributed by atoms with Crippen LogP contribution in [-0.4, -0.2) is 19.4 Å². The van der Waals surface area contributed by atoms with Crippen molar-refractivity contribution in [3.63, 3.8) is 0 Å². The second-order valence-corrected chi connectivity index (χ2v) is 4.70. The number of hydrogen-bond acceptors (Lipinski definition) is 2. The van der Waals surface area contributed by atoms with Gasteiger partial charge >= 0.3 is 6.18 Å². The SMILES string of the molecule is FC(F)(F)COCC(Br)c1cccs1. The fourth-order valence-corrected chi connectivity index (χ4v) is 2.18. The van der Waals surface area contributed by atoms with Crippen molar-refractivity contribution in [2.75, 3.05) is 13.2 Å². The number of thiophene rings is 1. The molecule has 0 bridgehead atoms. The summed E-state index contributed by atoms with van der Waals surface area (Å²) in [6.45, 7) is -1.17. The first-order chi connectivity index (χ1) is 6.49. The largest absolute Gasteiger partial charge is 0.411 e. The molecule has 1 rings (SSSR count). The summed E-state index contributed by atoms with van der Waals surface area (Å²) in [5, 5.41) is 1.87. The van der Waals surface area contributed by atoms with Crippen LogP contribution in [0.3, 0.4) is 0 Å². The van der Waals surface area contributed by atoms with Crippen LogP contribution >= 0.6 is 27.3 Å². The summed E-state index contributed by atoms with van der Waals surface area (Å²) in [7, 11) is 0. The number of halogens is 4. The Bertz CT molecular complexity index is 260. The lowest BCUT2D eigenvalue weighted by atomic mass is 10.4. The molecule has 0 N–H and O–H groups in total. The Morgan fingerprint density at radius 2 is 2.21 bits per heavy atom. The minimum atomic E-state index is -4.25. The van der Waals surface area contributed by atoms with Gasteiger partial charge in [-0.05, 0) is 11.4 Å². The topological polar surface area (TPSA) is 9.23 Å². The first-order valence-corrected chi connectivity index (χ1v) is 5.60. The van der Waals surface area contributed by atoms with E-state index in [0.717, 1.165) is 4.88 Å². The third-order valence-electron chi connectivity index (χ3n) is 1.38. The van der Waals surface area contributed by atoms with Gasteiger partial charge in [0.2, 0.25) is 0 Å². The molecule has 1 aromatic heterocycles. The Balaban J connectivity index is 2.26. The smallest absolute Gasteiger partial charge is 0.370 e. The predicted molar refractivity (Wildman–Crippen MR) is 52.9 cm³/mol. The van der Waals surface area contributed by atoms with Crippen molar-refractivity contribution in [2.24, 2.45) is 0 Å². The fraction of sp³-hybridized carbons (Fsp3) is 0.500. The molecular formula is C8H8BrF3OS. The van der Waals surface area contributed by atoms with E-state index < -0.39 is 12.8 Å². The van der Waals surface area contributed by atoms with Crippen LogP contribution < -0.4 is 0 Å². The van der Waals surface area contributed by atoms with Crippen molar-refractivity contribution in [3.05, 3.63) is 22.4 Å². The van der Waals surface area contributed by atoms with Gasteiger partial charge in [0.25, 0.3) is 0 Å². The van der Waals surface area contributed by atoms with Crippen molar-refractivity contribution >= 4 is 27.3 Å². The zero-order valence-electron chi connectivity index (χ0n) is 7.05.